The summed E-state index contributed by atoms with van der Waals surface area (Å²) in [7, 11) is 0. The highest BCUT2D eigenvalue weighted by Crippen LogP contribution is 2.19. The van der Waals surface area contributed by atoms with E-state index in [1.165, 1.54) is 5.56 Å². The second-order valence-corrected chi connectivity index (χ2v) is 5.91. The van der Waals surface area contributed by atoms with Gasteiger partial charge in [-0.15, -0.1) is 0 Å². The van der Waals surface area contributed by atoms with Crippen LogP contribution in [0.3, 0.4) is 0 Å². The molecular weight excluding hydrogens is 216 g/mol. The Hall–Kier alpha value is -0.760. The number of hydrogen-bond donors (Lipinski definition) is 0. The molecule has 0 aliphatic heterocycles. The lowest BCUT2D eigenvalue weighted by molar-refractivity contribution is 0.102. The van der Waals surface area contributed by atoms with Crippen LogP contribution >= 0.6 is 11.8 Å². The van der Waals surface area contributed by atoms with Gasteiger partial charge in [-0.05, 0) is 12.8 Å². The van der Waals surface area contributed by atoms with Crippen LogP contribution in [0.15, 0.2) is 24.3 Å². The molecule has 88 valence electrons. The molecule has 1 atom stereocenters. The molecule has 0 amide bonds. The predicted octanol–water partition coefficient (Wildman–Crippen LogP) is 3.96. The van der Waals surface area contributed by atoms with E-state index >= 15 is 0 Å². The lowest BCUT2D eigenvalue weighted by atomic mass is 10.1. The molecule has 1 aromatic rings. The van der Waals surface area contributed by atoms with Gasteiger partial charge < -0.3 is 0 Å². The van der Waals surface area contributed by atoms with Crippen molar-refractivity contribution >= 4 is 17.5 Å². The molecule has 1 unspecified atom stereocenters. The summed E-state index contributed by atoms with van der Waals surface area (Å²) < 4.78 is 0. The molecule has 1 aromatic carbocycles. The second-order valence-electron chi connectivity index (χ2n) is 4.55. The third-order valence-corrected chi connectivity index (χ3v) is 4.29. The zero-order valence-electron chi connectivity index (χ0n) is 10.5. The van der Waals surface area contributed by atoms with Gasteiger partial charge in [-0.1, -0.05) is 50.6 Å². The quantitative estimate of drug-likeness (QED) is 0.720. The van der Waals surface area contributed by atoms with Crippen molar-refractivity contribution in [3.63, 3.8) is 0 Å². The number of carbonyl (C=O) groups excluding carboxylic acids is 1. The molecular formula is C14H20OS. The van der Waals surface area contributed by atoms with E-state index in [-0.39, 0.29) is 5.78 Å². The van der Waals surface area contributed by atoms with Gasteiger partial charge >= 0.3 is 0 Å². The van der Waals surface area contributed by atoms with Crippen LogP contribution in [-0.2, 0) is 0 Å². The molecule has 0 spiro atoms. The van der Waals surface area contributed by atoms with Crippen LogP contribution in [0.2, 0.25) is 0 Å². The van der Waals surface area contributed by atoms with Crippen molar-refractivity contribution in [2.24, 2.45) is 5.92 Å². The molecule has 2 heteroatoms. The van der Waals surface area contributed by atoms with Gasteiger partial charge in [-0.2, -0.15) is 11.8 Å². The third-order valence-electron chi connectivity index (χ3n) is 2.79. The van der Waals surface area contributed by atoms with E-state index in [1.807, 2.05) is 31.2 Å². The van der Waals surface area contributed by atoms with Crippen LogP contribution in [0.4, 0.5) is 0 Å². The van der Waals surface area contributed by atoms with E-state index < -0.39 is 0 Å². The summed E-state index contributed by atoms with van der Waals surface area (Å²) >= 11 is 1.74. The Morgan fingerprint density at radius 1 is 1.19 bits per heavy atom. The first kappa shape index (κ1) is 13.3. The molecule has 0 saturated carbocycles. The number of thioether (sulfide) groups is 1. The zero-order valence-corrected chi connectivity index (χ0v) is 11.3. The monoisotopic (exact) mass is 236 g/mol. The van der Waals surface area contributed by atoms with Crippen molar-refractivity contribution in [2.75, 3.05) is 5.75 Å². The van der Waals surface area contributed by atoms with Crippen LogP contribution in [0.1, 0.15) is 36.7 Å². The van der Waals surface area contributed by atoms with Crippen LogP contribution in [0.5, 0.6) is 0 Å². The van der Waals surface area contributed by atoms with Crippen molar-refractivity contribution in [3.8, 4) is 0 Å². The molecule has 1 rings (SSSR count). The minimum absolute atomic E-state index is 0.234. The molecule has 0 N–H and O–H groups in total. The summed E-state index contributed by atoms with van der Waals surface area (Å²) in [5.74, 6) is 1.44. The molecule has 16 heavy (non-hydrogen) atoms. The van der Waals surface area contributed by atoms with Gasteiger partial charge in [-0.25, -0.2) is 0 Å². The maximum atomic E-state index is 11.9. The van der Waals surface area contributed by atoms with Gasteiger partial charge in [0, 0.05) is 10.8 Å². The SMILES string of the molecule is Cc1ccc(C(=O)CSC(C)C(C)C)cc1. The largest absolute Gasteiger partial charge is 0.293 e. The van der Waals surface area contributed by atoms with E-state index in [1.54, 1.807) is 11.8 Å². The highest BCUT2D eigenvalue weighted by atomic mass is 32.2. The Labute approximate surface area is 103 Å². The van der Waals surface area contributed by atoms with E-state index in [0.29, 0.717) is 16.9 Å². The fourth-order valence-corrected chi connectivity index (χ4v) is 2.19. The normalized spacial score (nSPS) is 12.8. The van der Waals surface area contributed by atoms with E-state index in [0.717, 1.165) is 5.56 Å². The molecule has 0 bridgehead atoms. The van der Waals surface area contributed by atoms with Crippen LogP contribution in [-0.4, -0.2) is 16.8 Å². The van der Waals surface area contributed by atoms with Crippen molar-refractivity contribution in [1.82, 2.24) is 0 Å². The van der Waals surface area contributed by atoms with Gasteiger partial charge in [0.05, 0.1) is 5.75 Å². The molecule has 1 nitrogen and oxygen atoms in total. The van der Waals surface area contributed by atoms with Gasteiger partial charge in [0.15, 0.2) is 5.78 Å². The van der Waals surface area contributed by atoms with Crippen LogP contribution in [0, 0.1) is 12.8 Å². The van der Waals surface area contributed by atoms with E-state index in [2.05, 4.69) is 20.8 Å². The molecule has 0 aliphatic rings. The van der Waals surface area contributed by atoms with Gasteiger partial charge in [0.2, 0.25) is 0 Å². The minimum atomic E-state index is 0.234. The average Bonchev–Trinajstić information content (AvgIpc) is 2.26. The summed E-state index contributed by atoms with van der Waals surface area (Å²) in [6, 6.07) is 7.81. The number of Topliss-reactive ketones (excluding diaryl/α,β-unsaturated/α-hetero) is 1. The Bertz CT molecular complexity index is 340. The lowest BCUT2D eigenvalue weighted by Gasteiger charge is -2.14. The maximum absolute atomic E-state index is 11.9. The topological polar surface area (TPSA) is 17.1 Å². The first-order chi connectivity index (χ1) is 7.50. The molecule has 0 fully saturated rings. The molecule has 0 aliphatic carbocycles. The Kier molecular flexibility index (Phi) is 5.07. The van der Waals surface area contributed by atoms with Crippen molar-refractivity contribution in [2.45, 2.75) is 32.9 Å². The van der Waals surface area contributed by atoms with Crippen molar-refractivity contribution in [3.05, 3.63) is 35.4 Å². The lowest BCUT2D eigenvalue weighted by Crippen LogP contribution is -2.11. The summed E-state index contributed by atoms with van der Waals surface area (Å²) in [5.41, 5.74) is 2.02. The number of carbonyl (C=O) groups is 1. The molecule has 0 saturated heterocycles. The maximum Gasteiger partial charge on any atom is 0.172 e. The van der Waals surface area contributed by atoms with Crippen LogP contribution < -0.4 is 0 Å². The van der Waals surface area contributed by atoms with Gasteiger partial charge in [0.1, 0.15) is 0 Å². The van der Waals surface area contributed by atoms with Crippen LogP contribution in [0.25, 0.3) is 0 Å². The molecule has 0 radical (unpaired) electrons. The Morgan fingerprint density at radius 3 is 2.25 bits per heavy atom. The molecule has 0 heterocycles. The van der Waals surface area contributed by atoms with Gasteiger partial charge in [-0.3, -0.25) is 4.79 Å². The predicted molar refractivity (Wildman–Crippen MR) is 72.3 cm³/mol. The van der Waals surface area contributed by atoms with Crippen molar-refractivity contribution in [1.29, 1.82) is 0 Å². The number of hydrogen-bond acceptors (Lipinski definition) is 2. The summed E-state index contributed by atoms with van der Waals surface area (Å²) in [5, 5.41) is 0.536. The zero-order chi connectivity index (χ0) is 12.1. The summed E-state index contributed by atoms with van der Waals surface area (Å²) in [6.07, 6.45) is 0. The van der Waals surface area contributed by atoms with E-state index in [9.17, 15) is 4.79 Å². The Balaban J connectivity index is 2.50. The van der Waals surface area contributed by atoms with Crippen molar-refractivity contribution < 1.29 is 4.79 Å². The third kappa shape index (κ3) is 4.01. The van der Waals surface area contributed by atoms with E-state index in [4.69, 9.17) is 0 Å². The second kappa shape index (κ2) is 6.09. The molecule has 0 aromatic heterocycles. The average molecular weight is 236 g/mol. The smallest absolute Gasteiger partial charge is 0.172 e. The van der Waals surface area contributed by atoms with Gasteiger partial charge in [0.25, 0.3) is 0 Å². The Morgan fingerprint density at radius 2 is 1.75 bits per heavy atom. The number of benzene rings is 1. The summed E-state index contributed by atoms with van der Waals surface area (Å²) in [6.45, 7) is 8.59. The number of aryl methyl sites for hydroxylation is 1. The number of ketones is 1. The number of rotatable bonds is 5. The first-order valence-corrected chi connectivity index (χ1v) is 6.77. The highest BCUT2D eigenvalue weighted by molar-refractivity contribution is 8.00. The fraction of sp³-hybridized carbons (Fsp3) is 0.500. The fourth-order valence-electron chi connectivity index (χ4n) is 1.22. The summed E-state index contributed by atoms with van der Waals surface area (Å²) in [4.78, 5) is 11.9. The highest BCUT2D eigenvalue weighted by Gasteiger charge is 2.11. The standard InChI is InChI=1S/C14H20OS/c1-10(2)12(4)16-9-14(15)13-7-5-11(3)6-8-13/h5-8,10,12H,9H2,1-4H3. The first-order valence-electron chi connectivity index (χ1n) is 5.72. The minimum Gasteiger partial charge on any atom is -0.293 e.